The van der Waals surface area contributed by atoms with Crippen LogP contribution in [-0.4, -0.2) is 17.1 Å². The van der Waals surface area contributed by atoms with Gasteiger partial charge in [0.1, 0.15) is 10.9 Å². The number of aryl methyl sites for hydroxylation is 1. The molecule has 0 amide bonds. The van der Waals surface area contributed by atoms with E-state index in [4.69, 9.17) is 16.3 Å². The van der Waals surface area contributed by atoms with E-state index in [2.05, 4.69) is 25.9 Å². The van der Waals surface area contributed by atoms with Crippen molar-refractivity contribution in [3.8, 4) is 17.1 Å². The minimum absolute atomic E-state index is 0.401. The first-order chi connectivity index (χ1) is 8.13. The van der Waals surface area contributed by atoms with Crippen molar-refractivity contribution < 1.29 is 4.74 Å². The molecule has 2 aromatic rings. The maximum absolute atomic E-state index is 6.03. The van der Waals surface area contributed by atoms with Crippen LogP contribution in [0.3, 0.4) is 0 Å². The molecule has 0 unspecified atom stereocenters. The molecular formula is C12H10BrClN2O. The molecule has 0 fully saturated rings. The lowest BCUT2D eigenvalue weighted by Gasteiger charge is -2.08. The minimum Gasteiger partial charge on any atom is -0.496 e. The topological polar surface area (TPSA) is 35.0 Å². The number of benzene rings is 1. The summed E-state index contributed by atoms with van der Waals surface area (Å²) in [4.78, 5) is 8.63. The fourth-order valence-electron chi connectivity index (χ4n) is 1.47. The van der Waals surface area contributed by atoms with Gasteiger partial charge in [0.15, 0.2) is 5.82 Å². The Bertz CT molecular complexity index is 537. The lowest BCUT2D eigenvalue weighted by atomic mass is 10.2. The van der Waals surface area contributed by atoms with Crippen LogP contribution in [0.4, 0.5) is 0 Å². The van der Waals surface area contributed by atoms with Crippen LogP contribution in [-0.2, 0) is 0 Å². The van der Waals surface area contributed by atoms with Crippen LogP contribution >= 0.6 is 27.5 Å². The van der Waals surface area contributed by atoms with E-state index in [1.807, 2.05) is 31.2 Å². The first kappa shape index (κ1) is 12.3. The molecular weight excluding hydrogens is 304 g/mol. The van der Waals surface area contributed by atoms with Gasteiger partial charge in [-0.1, -0.05) is 23.7 Å². The number of hydrogen-bond donors (Lipinski definition) is 0. The van der Waals surface area contributed by atoms with Crippen LogP contribution in [0.25, 0.3) is 11.4 Å². The van der Waals surface area contributed by atoms with E-state index in [0.717, 1.165) is 21.5 Å². The molecule has 1 aromatic heterocycles. The highest BCUT2D eigenvalue weighted by atomic mass is 79.9. The Hall–Kier alpha value is -1.13. The van der Waals surface area contributed by atoms with Crippen molar-refractivity contribution in [2.45, 2.75) is 6.92 Å². The van der Waals surface area contributed by atoms with E-state index in [1.54, 1.807) is 7.11 Å². The molecule has 17 heavy (non-hydrogen) atoms. The summed E-state index contributed by atoms with van der Waals surface area (Å²) in [6.07, 6.45) is 0. The second-order valence-electron chi connectivity index (χ2n) is 3.44. The molecule has 0 aliphatic carbocycles. The molecule has 0 aliphatic rings. The molecule has 0 N–H and O–H groups in total. The zero-order chi connectivity index (χ0) is 12.4. The first-order valence-electron chi connectivity index (χ1n) is 4.96. The highest BCUT2D eigenvalue weighted by Gasteiger charge is 2.12. The quantitative estimate of drug-likeness (QED) is 0.789. The van der Waals surface area contributed by atoms with Crippen LogP contribution in [0.1, 0.15) is 5.69 Å². The smallest absolute Gasteiger partial charge is 0.164 e. The highest BCUT2D eigenvalue weighted by Crippen LogP contribution is 2.30. The summed E-state index contributed by atoms with van der Waals surface area (Å²) in [7, 11) is 1.62. The van der Waals surface area contributed by atoms with Crippen LogP contribution in [0.2, 0.25) is 5.15 Å². The van der Waals surface area contributed by atoms with Crippen molar-refractivity contribution in [1.82, 2.24) is 9.97 Å². The van der Waals surface area contributed by atoms with Gasteiger partial charge in [-0.05, 0) is 35.0 Å². The largest absolute Gasteiger partial charge is 0.496 e. The SMILES string of the molecule is COc1ccccc1-c1nc(C)c(Br)c(Cl)n1. The molecule has 0 spiro atoms. The third-order valence-electron chi connectivity index (χ3n) is 2.32. The van der Waals surface area contributed by atoms with Crippen molar-refractivity contribution in [1.29, 1.82) is 0 Å². The van der Waals surface area contributed by atoms with Crippen molar-refractivity contribution in [3.63, 3.8) is 0 Å². The van der Waals surface area contributed by atoms with Crippen molar-refractivity contribution in [2.24, 2.45) is 0 Å². The van der Waals surface area contributed by atoms with E-state index in [1.165, 1.54) is 0 Å². The van der Waals surface area contributed by atoms with Crippen molar-refractivity contribution in [3.05, 3.63) is 39.6 Å². The number of hydrogen-bond acceptors (Lipinski definition) is 3. The predicted octanol–water partition coefficient (Wildman–Crippen LogP) is 3.88. The molecule has 0 bridgehead atoms. The van der Waals surface area contributed by atoms with Crippen molar-refractivity contribution in [2.75, 3.05) is 7.11 Å². The summed E-state index contributed by atoms with van der Waals surface area (Å²) in [5, 5.41) is 0.401. The molecule has 5 heteroatoms. The molecule has 0 radical (unpaired) electrons. The average Bonchev–Trinajstić information content (AvgIpc) is 2.35. The summed E-state index contributed by atoms with van der Waals surface area (Å²) in [5.41, 5.74) is 1.62. The zero-order valence-corrected chi connectivity index (χ0v) is 11.7. The van der Waals surface area contributed by atoms with Gasteiger partial charge in [-0.3, -0.25) is 0 Å². The van der Waals surface area contributed by atoms with Gasteiger partial charge >= 0.3 is 0 Å². The Morgan fingerprint density at radius 2 is 1.94 bits per heavy atom. The van der Waals surface area contributed by atoms with Crippen LogP contribution in [0, 0.1) is 6.92 Å². The summed E-state index contributed by atoms with van der Waals surface area (Å²) in [5.74, 6) is 1.29. The summed E-state index contributed by atoms with van der Waals surface area (Å²) in [6.45, 7) is 1.87. The third-order valence-corrected chi connectivity index (χ3v) is 3.78. The number of nitrogens with zero attached hydrogens (tertiary/aromatic N) is 2. The summed E-state index contributed by atoms with van der Waals surface area (Å²) < 4.78 is 6.00. The van der Waals surface area contributed by atoms with Crippen molar-refractivity contribution >= 4 is 27.5 Å². The number of para-hydroxylation sites is 1. The Balaban J connectivity index is 2.61. The second kappa shape index (κ2) is 5.02. The van der Waals surface area contributed by atoms with Gasteiger partial charge < -0.3 is 4.74 Å². The van der Waals surface area contributed by atoms with Gasteiger partial charge in [-0.25, -0.2) is 9.97 Å². The van der Waals surface area contributed by atoms with Gasteiger partial charge in [0, 0.05) is 0 Å². The molecule has 1 heterocycles. The van der Waals surface area contributed by atoms with E-state index in [9.17, 15) is 0 Å². The molecule has 0 aliphatic heterocycles. The zero-order valence-electron chi connectivity index (χ0n) is 9.37. The summed E-state index contributed by atoms with van der Waals surface area (Å²) >= 11 is 9.36. The predicted molar refractivity (Wildman–Crippen MR) is 71.5 cm³/mol. The molecule has 2 rings (SSSR count). The highest BCUT2D eigenvalue weighted by molar-refractivity contribution is 9.10. The number of rotatable bonds is 2. The number of methoxy groups -OCH3 is 1. The average molecular weight is 314 g/mol. The lowest BCUT2D eigenvalue weighted by Crippen LogP contribution is -1.96. The number of aromatic nitrogens is 2. The minimum atomic E-state index is 0.401. The second-order valence-corrected chi connectivity index (χ2v) is 4.59. The lowest BCUT2D eigenvalue weighted by molar-refractivity contribution is 0.416. The molecule has 3 nitrogen and oxygen atoms in total. The van der Waals surface area contributed by atoms with Gasteiger partial charge in [-0.15, -0.1) is 0 Å². The van der Waals surface area contributed by atoms with Crippen LogP contribution in [0.15, 0.2) is 28.7 Å². The normalized spacial score (nSPS) is 10.4. The van der Waals surface area contributed by atoms with Gasteiger partial charge in [0.25, 0.3) is 0 Å². The van der Waals surface area contributed by atoms with E-state index in [0.29, 0.717) is 11.0 Å². The maximum Gasteiger partial charge on any atom is 0.164 e. The van der Waals surface area contributed by atoms with Gasteiger partial charge in [0.2, 0.25) is 0 Å². The van der Waals surface area contributed by atoms with Gasteiger partial charge in [0.05, 0.1) is 22.8 Å². The molecule has 0 saturated heterocycles. The Morgan fingerprint density at radius 3 is 2.59 bits per heavy atom. The summed E-state index contributed by atoms with van der Waals surface area (Å²) in [6, 6.07) is 7.57. The Kier molecular flexibility index (Phi) is 3.64. The fourth-order valence-corrected chi connectivity index (χ4v) is 1.87. The Labute approximate surface area is 113 Å². The van der Waals surface area contributed by atoms with E-state index >= 15 is 0 Å². The third kappa shape index (κ3) is 2.42. The molecule has 1 aromatic carbocycles. The number of halogens is 2. The van der Waals surface area contributed by atoms with Gasteiger partial charge in [-0.2, -0.15) is 0 Å². The molecule has 0 saturated carbocycles. The monoisotopic (exact) mass is 312 g/mol. The molecule has 0 atom stereocenters. The molecule has 88 valence electrons. The van der Waals surface area contributed by atoms with E-state index in [-0.39, 0.29) is 0 Å². The Morgan fingerprint density at radius 1 is 1.24 bits per heavy atom. The fraction of sp³-hybridized carbons (Fsp3) is 0.167. The number of ether oxygens (including phenoxy) is 1. The van der Waals surface area contributed by atoms with Crippen LogP contribution in [0.5, 0.6) is 5.75 Å². The maximum atomic E-state index is 6.03. The first-order valence-corrected chi connectivity index (χ1v) is 6.13. The van der Waals surface area contributed by atoms with E-state index < -0.39 is 0 Å². The standard InChI is InChI=1S/C12H10BrClN2O/c1-7-10(13)11(14)16-12(15-7)8-5-3-4-6-9(8)17-2/h3-6H,1-2H3. The van der Waals surface area contributed by atoms with Crippen LogP contribution < -0.4 is 4.74 Å².